The highest BCUT2D eigenvalue weighted by molar-refractivity contribution is 5.27. The lowest BCUT2D eigenvalue weighted by Crippen LogP contribution is -2.43. The summed E-state index contributed by atoms with van der Waals surface area (Å²) >= 11 is 0. The van der Waals surface area contributed by atoms with Crippen LogP contribution in [0.2, 0.25) is 0 Å². The van der Waals surface area contributed by atoms with Crippen molar-refractivity contribution in [1.82, 2.24) is 9.80 Å². The van der Waals surface area contributed by atoms with Crippen LogP contribution < -0.4 is 0 Å². The van der Waals surface area contributed by atoms with Crippen LogP contribution in [0.4, 0.5) is 0 Å². The minimum atomic E-state index is 1.02. The van der Waals surface area contributed by atoms with Crippen molar-refractivity contribution >= 4 is 0 Å². The van der Waals surface area contributed by atoms with E-state index in [-0.39, 0.29) is 0 Å². The van der Waals surface area contributed by atoms with Crippen LogP contribution in [0.1, 0.15) is 20.3 Å². The van der Waals surface area contributed by atoms with E-state index in [2.05, 4.69) is 55.5 Å². The van der Waals surface area contributed by atoms with E-state index >= 15 is 0 Å². The van der Waals surface area contributed by atoms with Gasteiger partial charge in [0.25, 0.3) is 0 Å². The molecule has 0 aromatic heterocycles. The summed E-state index contributed by atoms with van der Waals surface area (Å²) in [5.74, 6) is 0. The third kappa shape index (κ3) is 3.86. The summed E-state index contributed by atoms with van der Waals surface area (Å²) in [6, 6.07) is 0. The molecule has 0 spiro atoms. The first kappa shape index (κ1) is 13.0. The fraction of sp³-hybridized carbons (Fsp3) is 0.571. The number of allylic oxidation sites excluding steroid dienone is 4. The van der Waals surface area contributed by atoms with Crippen LogP contribution in [-0.4, -0.2) is 43.0 Å². The smallest absolute Gasteiger partial charge is 0.0366 e. The number of hydrogen-bond acceptors (Lipinski definition) is 2. The molecule has 90 valence electrons. The lowest BCUT2D eigenvalue weighted by atomic mass is 10.1. The van der Waals surface area contributed by atoms with E-state index in [4.69, 9.17) is 0 Å². The summed E-state index contributed by atoms with van der Waals surface area (Å²) < 4.78 is 0. The normalized spacial score (nSPS) is 19.4. The molecule has 0 saturated carbocycles. The Morgan fingerprint density at radius 3 is 2.38 bits per heavy atom. The molecule has 0 N–H and O–H groups in total. The largest absolute Gasteiger partial charge is 0.369 e. The highest BCUT2D eigenvalue weighted by atomic mass is 15.2. The van der Waals surface area contributed by atoms with Crippen molar-refractivity contribution in [2.45, 2.75) is 20.3 Å². The molecule has 2 heteroatoms. The van der Waals surface area contributed by atoms with Crippen molar-refractivity contribution in [3.8, 4) is 0 Å². The maximum atomic E-state index is 4.06. The molecule has 1 fully saturated rings. The number of likely N-dealkylation sites (N-methyl/N-ethyl adjacent to an activating group) is 1. The predicted octanol–water partition coefficient (Wildman–Crippen LogP) is 2.66. The Bertz CT molecular complexity index is 281. The molecule has 0 atom stereocenters. The highest BCUT2D eigenvalue weighted by Crippen LogP contribution is 2.13. The Labute approximate surface area is 99.9 Å². The van der Waals surface area contributed by atoms with Crippen LogP contribution in [0, 0.1) is 0 Å². The lowest BCUT2D eigenvalue weighted by molar-refractivity contribution is 0.190. The Morgan fingerprint density at radius 2 is 1.88 bits per heavy atom. The van der Waals surface area contributed by atoms with Crippen LogP contribution in [0.3, 0.4) is 0 Å². The van der Waals surface area contributed by atoms with Crippen LogP contribution >= 0.6 is 0 Å². The minimum absolute atomic E-state index is 1.02. The van der Waals surface area contributed by atoms with Gasteiger partial charge >= 0.3 is 0 Å². The van der Waals surface area contributed by atoms with Gasteiger partial charge in [-0.3, -0.25) is 0 Å². The van der Waals surface area contributed by atoms with Gasteiger partial charge in [0.2, 0.25) is 0 Å². The summed E-state index contributed by atoms with van der Waals surface area (Å²) in [7, 11) is 2.18. The lowest BCUT2D eigenvalue weighted by Gasteiger charge is -2.34. The first-order valence-corrected chi connectivity index (χ1v) is 6.13. The predicted molar refractivity (Wildman–Crippen MR) is 71.4 cm³/mol. The Balaban J connectivity index is 2.70. The molecule has 1 aliphatic heterocycles. The van der Waals surface area contributed by atoms with E-state index < -0.39 is 0 Å². The van der Waals surface area contributed by atoms with Crippen LogP contribution in [-0.2, 0) is 0 Å². The fourth-order valence-corrected chi connectivity index (χ4v) is 1.79. The average Bonchev–Trinajstić information content (AvgIpc) is 2.29. The molecule has 1 saturated heterocycles. The van der Waals surface area contributed by atoms with Gasteiger partial charge in [0.05, 0.1) is 0 Å². The van der Waals surface area contributed by atoms with Gasteiger partial charge in [-0.05, 0) is 32.5 Å². The Morgan fingerprint density at radius 1 is 1.25 bits per heavy atom. The second kappa shape index (κ2) is 6.54. The minimum Gasteiger partial charge on any atom is -0.369 e. The van der Waals surface area contributed by atoms with E-state index in [1.54, 1.807) is 0 Å². The SMILES string of the molecule is C=C(/C=C(\C=C/C)N1CCN(C)CC1)CC. The first-order valence-electron chi connectivity index (χ1n) is 6.13. The Kier molecular flexibility index (Phi) is 5.33. The molecular formula is C14H24N2. The average molecular weight is 220 g/mol. The number of hydrogen-bond donors (Lipinski definition) is 0. The molecule has 1 aliphatic rings. The number of rotatable bonds is 4. The standard InChI is InChI=1S/C14H24N2/c1-5-7-14(12-13(3)6-2)16-10-8-15(4)9-11-16/h5,7,12H,3,6,8-11H2,1-2,4H3/b7-5-,14-12+. The summed E-state index contributed by atoms with van der Waals surface area (Å²) in [5, 5.41) is 0. The third-order valence-corrected chi connectivity index (χ3v) is 3.01. The van der Waals surface area contributed by atoms with Crippen molar-refractivity contribution in [2.24, 2.45) is 0 Å². The molecule has 1 heterocycles. The molecule has 0 amide bonds. The number of nitrogens with zero attached hydrogens (tertiary/aromatic N) is 2. The van der Waals surface area contributed by atoms with E-state index in [0.717, 1.165) is 32.6 Å². The maximum Gasteiger partial charge on any atom is 0.0366 e. The van der Waals surface area contributed by atoms with Gasteiger partial charge in [-0.15, -0.1) is 0 Å². The zero-order valence-corrected chi connectivity index (χ0v) is 10.9. The number of piperazine rings is 1. The van der Waals surface area contributed by atoms with Crippen molar-refractivity contribution in [3.63, 3.8) is 0 Å². The van der Waals surface area contributed by atoms with Gasteiger partial charge in [-0.2, -0.15) is 0 Å². The molecule has 1 rings (SSSR count). The molecular weight excluding hydrogens is 196 g/mol. The van der Waals surface area contributed by atoms with E-state index in [9.17, 15) is 0 Å². The molecule has 0 aliphatic carbocycles. The molecule has 0 aromatic rings. The van der Waals surface area contributed by atoms with E-state index in [1.165, 1.54) is 11.3 Å². The summed E-state index contributed by atoms with van der Waals surface area (Å²) in [5.41, 5.74) is 2.51. The second-order valence-electron chi connectivity index (χ2n) is 4.37. The Hall–Kier alpha value is -1.02. The topological polar surface area (TPSA) is 6.48 Å². The molecule has 0 unspecified atom stereocenters. The van der Waals surface area contributed by atoms with Gasteiger partial charge in [0.15, 0.2) is 0 Å². The van der Waals surface area contributed by atoms with Crippen molar-refractivity contribution in [2.75, 3.05) is 33.2 Å². The van der Waals surface area contributed by atoms with Gasteiger partial charge < -0.3 is 9.80 Å². The molecule has 16 heavy (non-hydrogen) atoms. The van der Waals surface area contributed by atoms with Crippen molar-refractivity contribution in [3.05, 3.63) is 36.1 Å². The van der Waals surface area contributed by atoms with Crippen LogP contribution in [0.15, 0.2) is 36.1 Å². The quantitative estimate of drug-likeness (QED) is 0.672. The van der Waals surface area contributed by atoms with Crippen LogP contribution in [0.25, 0.3) is 0 Å². The molecule has 0 bridgehead atoms. The van der Waals surface area contributed by atoms with Gasteiger partial charge in [0.1, 0.15) is 0 Å². The van der Waals surface area contributed by atoms with E-state index in [0.29, 0.717) is 0 Å². The van der Waals surface area contributed by atoms with Crippen LogP contribution in [0.5, 0.6) is 0 Å². The summed E-state index contributed by atoms with van der Waals surface area (Å²) in [6.45, 7) is 12.8. The maximum absolute atomic E-state index is 4.06. The first-order chi connectivity index (χ1) is 7.67. The van der Waals surface area contributed by atoms with E-state index in [1.807, 2.05) is 0 Å². The molecule has 2 nitrogen and oxygen atoms in total. The van der Waals surface area contributed by atoms with Gasteiger partial charge in [0, 0.05) is 31.9 Å². The van der Waals surface area contributed by atoms with Gasteiger partial charge in [-0.25, -0.2) is 0 Å². The van der Waals surface area contributed by atoms with Gasteiger partial charge in [-0.1, -0.05) is 25.2 Å². The summed E-state index contributed by atoms with van der Waals surface area (Å²) in [4.78, 5) is 4.82. The van der Waals surface area contributed by atoms with Crippen molar-refractivity contribution < 1.29 is 0 Å². The molecule has 0 aromatic carbocycles. The second-order valence-corrected chi connectivity index (χ2v) is 4.37. The fourth-order valence-electron chi connectivity index (χ4n) is 1.79. The zero-order valence-electron chi connectivity index (χ0n) is 10.9. The van der Waals surface area contributed by atoms with Crippen molar-refractivity contribution in [1.29, 1.82) is 0 Å². The monoisotopic (exact) mass is 220 g/mol. The zero-order chi connectivity index (χ0) is 12.0. The molecule has 0 radical (unpaired) electrons. The summed E-state index contributed by atoms with van der Waals surface area (Å²) in [6.07, 6.45) is 7.53. The third-order valence-electron chi connectivity index (χ3n) is 3.01. The highest BCUT2D eigenvalue weighted by Gasteiger charge is 2.14.